The number of carbonyl (C=O) groups excluding carboxylic acids is 1. The van der Waals surface area contributed by atoms with Crippen molar-refractivity contribution >= 4 is 5.91 Å². The first-order chi connectivity index (χ1) is 9.70. The summed E-state index contributed by atoms with van der Waals surface area (Å²) in [4.78, 5) is 14.4. The third-order valence-corrected chi connectivity index (χ3v) is 4.50. The van der Waals surface area contributed by atoms with Crippen LogP contribution < -0.4 is 0 Å². The zero-order chi connectivity index (χ0) is 13.9. The molecule has 0 saturated heterocycles. The summed E-state index contributed by atoms with van der Waals surface area (Å²) in [5.41, 5.74) is 3.78. The van der Waals surface area contributed by atoms with E-state index in [1.165, 1.54) is 0 Å². The van der Waals surface area contributed by atoms with Crippen molar-refractivity contribution in [3.63, 3.8) is 0 Å². The molecule has 3 nitrogen and oxygen atoms in total. The van der Waals surface area contributed by atoms with Crippen molar-refractivity contribution in [3.8, 4) is 0 Å². The summed E-state index contributed by atoms with van der Waals surface area (Å²) in [5.74, 6) is 0.0200. The number of benzene rings is 2. The monoisotopic (exact) mass is 265 g/mol. The normalized spacial score (nSPS) is 27.0. The summed E-state index contributed by atoms with van der Waals surface area (Å²) in [7, 11) is 0. The van der Waals surface area contributed by atoms with Crippen LogP contribution in [0.4, 0.5) is 0 Å². The molecule has 0 unspecified atom stereocenters. The number of amides is 1. The van der Waals surface area contributed by atoms with E-state index in [0.29, 0.717) is 0 Å². The molecule has 3 atom stereocenters. The number of aliphatic hydroxyl groups excluding tert-OH is 1. The lowest BCUT2D eigenvalue weighted by Crippen LogP contribution is -2.44. The number of fused-ring (bicyclic) bond motifs is 5. The second-order valence-electron chi connectivity index (χ2n) is 5.52. The fraction of sp³-hybridized carbons (Fsp3) is 0.235. The van der Waals surface area contributed by atoms with Crippen LogP contribution in [0.2, 0.25) is 0 Å². The minimum atomic E-state index is -0.624. The van der Waals surface area contributed by atoms with Gasteiger partial charge in [0.2, 0.25) is 0 Å². The molecular weight excluding hydrogens is 250 g/mol. The molecule has 0 radical (unpaired) electrons. The second-order valence-corrected chi connectivity index (χ2v) is 5.52. The molecule has 0 bridgehead atoms. The molecule has 3 heteroatoms. The molecule has 0 fully saturated rings. The second kappa shape index (κ2) is 3.93. The lowest BCUT2D eigenvalue weighted by molar-refractivity contribution is 0.0258. The average Bonchev–Trinajstić information content (AvgIpc) is 2.79. The Kier molecular flexibility index (Phi) is 2.30. The van der Waals surface area contributed by atoms with Crippen LogP contribution in [0.25, 0.3) is 0 Å². The van der Waals surface area contributed by atoms with E-state index in [-0.39, 0.29) is 18.0 Å². The topological polar surface area (TPSA) is 40.5 Å². The minimum absolute atomic E-state index is 0.0200. The van der Waals surface area contributed by atoms with Gasteiger partial charge in [0, 0.05) is 5.56 Å². The smallest absolute Gasteiger partial charge is 0.255 e. The number of hydrogen-bond donors (Lipinski definition) is 1. The number of carbonyl (C=O) groups is 1. The lowest BCUT2D eigenvalue weighted by Gasteiger charge is -2.40. The van der Waals surface area contributed by atoms with Crippen LogP contribution in [0.5, 0.6) is 0 Å². The highest BCUT2D eigenvalue weighted by atomic mass is 16.3. The molecule has 2 aliphatic rings. The highest BCUT2D eigenvalue weighted by molar-refractivity contribution is 6.00. The first-order valence-corrected chi connectivity index (χ1v) is 6.88. The van der Waals surface area contributed by atoms with E-state index in [1.54, 1.807) is 0 Å². The molecule has 0 aromatic heterocycles. The van der Waals surface area contributed by atoms with E-state index in [1.807, 2.05) is 60.4 Å². The Morgan fingerprint density at radius 2 is 1.55 bits per heavy atom. The molecular formula is C17H15NO2. The van der Waals surface area contributed by atoms with Crippen molar-refractivity contribution in [3.05, 3.63) is 70.8 Å². The van der Waals surface area contributed by atoms with E-state index < -0.39 is 6.10 Å². The van der Waals surface area contributed by atoms with Crippen LogP contribution in [0.1, 0.15) is 46.1 Å². The predicted octanol–water partition coefficient (Wildman–Crippen LogP) is 2.67. The molecule has 1 amide bonds. The molecule has 2 aliphatic heterocycles. The van der Waals surface area contributed by atoms with Crippen LogP contribution in [0.3, 0.4) is 0 Å². The molecule has 2 heterocycles. The first kappa shape index (κ1) is 11.7. The van der Waals surface area contributed by atoms with Gasteiger partial charge in [-0.3, -0.25) is 4.79 Å². The van der Waals surface area contributed by atoms with Gasteiger partial charge in [0.05, 0.1) is 18.2 Å². The van der Waals surface area contributed by atoms with Crippen molar-refractivity contribution in [1.82, 2.24) is 4.90 Å². The number of aliphatic hydroxyl groups is 1. The lowest BCUT2D eigenvalue weighted by atomic mass is 9.85. The Balaban J connectivity index is 2.01. The Bertz CT molecular complexity index is 710. The molecule has 4 rings (SSSR count). The maximum absolute atomic E-state index is 12.6. The zero-order valence-electron chi connectivity index (χ0n) is 11.2. The van der Waals surface area contributed by atoms with Gasteiger partial charge in [-0.15, -0.1) is 0 Å². The van der Waals surface area contributed by atoms with Gasteiger partial charge in [0.25, 0.3) is 5.91 Å². The summed E-state index contributed by atoms with van der Waals surface area (Å²) in [6.07, 6.45) is -0.624. The summed E-state index contributed by atoms with van der Waals surface area (Å²) in [6, 6.07) is 15.3. The third kappa shape index (κ3) is 1.30. The Morgan fingerprint density at radius 1 is 0.950 bits per heavy atom. The molecule has 0 spiro atoms. The molecule has 0 saturated carbocycles. The van der Waals surface area contributed by atoms with Gasteiger partial charge in [-0.2, -0.15) is 0 Å². The van der Waals surface area contributed by atoms with Gasteiger partial charge in [0.1, 0.15) is 0 Å². The zero-order valence-corrected chi connectivity index (χ0v) is 11.2. The van der Waals surface area contributed by atoms with Crippen LogP contribution >= 0.6 is 0 Å². The number of hydrogen-bond acceptors (Lipinski definition) is 2. The SMILES string of the molecule is C[C@@H]1[C@@H](O)c2ccccc2[C@@H]2c3ccccc3C(=O)N21. The van der Waals surface area contributed by atoms with Gasteiger partial charge >= 0.3 is 0 Å². The Hall–Kier alpha value is -2.13. The Labute approximate surface area is 117 Å². The molecule has 20 heavy (non-hydrogen) atoms. The molecule has 2 aromatic carbocycles. The number of rotatable bonds is 0. The van der Waals surface area contributed by atoms with Crippen molar-refractivity contribution in [2.45, 2.75) is 25.1 Å². The van der Waals surface area contributed by atoms with Crippen molar-refractivity contribution in [1.29, 1.82) is 0 Å². The summed E-state index contributed by atoms with van der Waals surface area (Å²) >= 11 is 0. The third-order valence-electron chi connectivity index (χ3n) is 4.50. The first-order valence-electron chi connectivity index (χ1n) is 6.88. The van der Waals surface area contributed by atoms with Crippen molar-refractivity contribution in [2.24, 2.45) is 0 Å². The maximum Gasteiger partial charge on any atom is 0.255 e. The molecule has 1 N–H and O–H groups in total. The van der Waals surface area contributed by atoms with Crippen LogP contribution in [-0.4, -0.2) is 22.0 Å². The van der Waals surface area contributed by atoms with Crippen LogP contribution in [0.15, 0.2) is 48.5 Å². The largest absolute Gasteiger partial charge is 0.386 e. The fourth-order valence-corrected chi connectivity index (χ4v) is 3.52. The number of nitrogens with zero attached hydrogens (tertiary/aromatic N) is 1. The van der Waals surface area contributed by atoms with Gasteiger partial charge in [-0.05, 0) is 29.7 Å². The van der Waals surface area contributed by atoms with Crippen molar-refractivity contribution < 1.29 is 9.90 Å². The van der Waals surface area contributed by atoms with E-state index >= 15 is 0 Å². The molecule has 2 aromatic rings. The quantitative estimate of drug-likeness (QED) is 0.795. The highest BCUT2D eigenvalue weighted by Gasteiger charge is 2.46. The minimum Gasteiger partial charge on any atom is -0.386 e. The Morgan fingerprint density at radius 3 is 2.30 bits per heavy atom. The summed E-state index contributed by atoms with van der Waals surface area (Å²) < 4.78 is 0. The average molecular weight is 265 g/mol. The van der Waals surface area contributed by atoms with Gasteiger partial charge in [-0.1, -0.05) is 42.5 Å². The summed E-state index contributed by atoms with van der Waals surface area (Å²) in [6.45, 7) is 1.91. The van der Waals surface area contributed by atoms with Gasteiger partial charge in [-0.25, -0.2) is 0 Å². The van der Waals surface area contributed by atoms with E-state index in [9.17, 15) is 9.90 Å². The van der Waals surface area contributed by atoms with E-state index in [4.69, 9.17) is 0 Å². The maximum atomic E-state index is 12.6. The van der Waals surface area contributed by atoms with Crippen LogP contribution in [-0.2, 0) is 0 Å². The molecule has 100 valence electrons. The predicted molar refractivity (Wildman–Crippen MR) is 75.3 cm³/mol. The van der Waals surface area contributed by atoms with E-state index in [0.717, 1.165) is 22.3 Å². The fourth-order valence-electron chi connectivity index (χ4n) is 3.52. The van der Waals surface area contributed by atoms with E-state index in [2.05, 4.69) is 0 Å². The van der Waals surface area contributed by atoms with Gasteiger partial charge in [0.15, 0.2) is 0 Å². The van der Waals surface area contributed by atoms with Crippen LogP contribution in [0, 0.1) is 0 Å². The molecule has 0 aliphatic carbocycles. The van der Waals surface area contributed by atoms with Gasteiger partial charge < -0.3 is 10.0 Å². The standard InChI is InChI=1S/C17H15NO2/c1-10-16(19)13-8-4-2-6-11(13)15-12-7-3-5-9-14(12)17(20)18(10)15/h2-10,15-16,19H,1H3/t10-,15-,16-/m1/s1. The van der Waals surface area contributed by atoms with Crippen molar-refractivity contribution in [2.75, 3.05) is 0 Å². The summed E-state index contributed by atoms with van der Waals surface area (Å²) in [5, 5.41) is 10.5. The highest BCUT2D eigenvalue weighted by Crippen LogP contribution is 2.47.